The van der Waals surface area contributed by atoms with E-state index in [4.69, 9.17) is 4.74 Å². The molecule has 162 valence electrons. The van der Waals surface area contributed by atoms with E-state index in [-0.39, 0.29) is 24.0 Å². The highest BCUT2D eigenvalue weighted by molar-refractivity contribution is 6.07. The molecule has 0 aliphatic heterocycles. The van der Waals surface area contributed by atoms with Crippen LogP contribution in [0.4, 0.5) is 4.39 Å². The number of esters is 1. The van der Waals surface area contributed by atoms with Crippen molar-refractivity contribution >= 4 is 17.7 Å². The summed E-state index contributed by atoms with van der Waals surface area (Å²) in [5.41, 5.74) is 2.03. The van der Waals surface area contributed by atoms with Gasteiger partial charge < -0.3 is 14.2 Å². The first-order valence-electron chi connectivity index (χ1n) is 9.98. The maximum Gasteiger partial charge on any atom is 0.355 e. The van der Waals surface area contributed by atoms with Crippen molar-refractivity contribution in [1.82, 2.24) is 9.47 Å². The molecule has 0 saturated carbocycles. The van der Waals surface area contributed by atoms with Gasteiger partial charge in [0.1, 0.15) is 11.5 Å². The maximum absolute atomic E-state index is 13.6. The summed E-state index contributed by atoms with van der Waals surface area (Å²) in [5, 5.41) is 0. The summed E-state index contributed by atoms with van der Waals surface area (Å²) in [6.07, 6.45) is 0. The molecule has 1 unspecified atom stereocenters. The van der Waals surface area contributed by atoms with Gasteiger partial charge in [0.25, 0.3) is 5.91 Å². The van der Waals surface area contributed by atoms with Crippen LogP contribution < -0.4 is 0 Å². The first kappa shape index (κ1) is 23.3. The van der Waals surface area contributed by atoms with E-state index in [1.54, 1.807) is 53.2 Å². The van der Waals surface area contributed by atoms with E-state index in [9.17, 15) is 18.8 Å². The van der Waals surface area contributed by atoms with Gasteiger partial charge in [-0.05, 0) is 65.3 Å². The van der Waals surface area contributed by atoms with Crippen LogP contribution in [0.15, 0.2) is 24.3 Å². The Labute approximate surface area is 176 Å². The monoisotopic (exact) mass is 416 g/mol. The summed E-state index contributed by atoms with van der Waals surface area (Å²) in [5.74, 6) is -1.72. The molecule has 1 amide bonds. The van der Waals surface area contributed by atoms with E-state index >= 15 is 0 Å². The quantitative estimate of drug-likeness (QED) is 0.504. The fourth-order valence-corrected chi connectivity index (χ4v) is 3.79. The lowest BCUT2D eigenvalue weighted by atomic mass is 9.98. The number of ketones is 1. The molecule has 0 N–H and O–H groups in total. The van der Waals surface area contributed by atoms with Crippen molar-refractivity contribution in [3.63, 3.8) is 0 Å². The van der Waals surface area contributed by atoms with Crippen LogP contribution in [0.5, 0.6) is 0 Å². The third-order valence-corrected chi connectivity index (χ3v) is 5.30. The van der Waals surface area contributed by atoms with Crippen molar-refractivity contribution in [3.8, 4) is 0 Å². The number of ether oxygens (including phenoxy) is 1. The topological polar surface area (TPSA) is 68.6 Å². The number of carbonyl (C=O) groups excluding carboxylic acids is 3. The Bertz CT molecular complexity index is 978. The van der Waals surface area contributed by atoms with E-state index in [2.05, 4.69) is 0 Å². The fraction of sp³-hybridized carbons (Fsp3) is 0.435. The number of benzene rings is 1. The van der Waals surface area contributed by atoms with Crippen LogP contribution in [-0.4, -0.2) is 45.8 Å². The Morgan fingerprint density at radius 2 is 1.80 bits per heavy atom. The molecule has 1 aromatic carbocycles. The molecule has 0 spiro atoms. The zero-order chi connectivity index (χ0) is 22.7. The van der Waals surface area contributed by atoms with Gasteiger partial charge in [0.15, 0.2) is 5.78 Å². The minimum Gasteiger partial charge on any atom is -0.461 e. The molecule has 0 bridgehead atoms. The molecular weight excluding hydrogens is 387 g/mol. The molecule has 0 aliphatic carbocycles. The lowest BCUT2D eigenvalue weighted by Gasteiger charge is -2.32. The SMILES string of the molecule is CCOC(=O)c1c(C)c(C(=O)C(C)N(C(=O)c2cccc(F)c2)C(C)C)c(C)n1C. The first-order chi connectivity index (χ1) is 14.0. The molecule has 6 nitrogen and oxygen atoms in total. The molecular formula is C23H29FN2O4. The number of aromatic nitrogens is 1. The standard InChI is InChI=1S/C23H29FN2O4/c1-8-30-23(29)20-14(4)19(15(5)25(20)7)21(27)16(6)26(13(2)3)22(28)17-10-9-11-18(24)12-17/h9-13,16H,8H2,1-7H3. The van der Waals surface area contributed by atoms with Crippen molar-refractivity contribution in [3.05, 3.63) is 58.2 Å². The summed E-state index contributed by atoms with van der Waals surface area (Å²) in [7, 11) is 1.70. The van der Waals surface area contributed by atoms with Crippen LogP contribution in [-0.2, 0) is 11.8 Å². The number of nitrogens with zero attached hydrogens (tertiary/aromatic N) is 2. The third-order valence-electron chi connectivity index (χ3n) is 5.30. The van der Waals surface area contributed by atoms with Gasteiger partial charge in [-0.3, -0.25) is 9.59 Å². The number of carbonyl (C=O) groups is 3. The molecule has 0 saturated heterocycles. The molecule has 2 rings (SSSR count). The minimum atomic E-state index is -0.810. The maximum atomic E-state index is 13.6. The molecule has 30 heavy (non-hydrogen) atoms. The lowest BCUT2D eigenvalue weighted by molar-refractivity contribution is 0.0513. The highest BCUT2D eigenvalue weighted by Crippen LogP contribution is 2.26. The zero-order valence-electron chi connectivity index (χ0n) is 18.6. The normalized spacial score (nSPS) is 12.0. The van der Waals surface area contributed by atoms with Gasteiger partial charge in [0.2, 0.25) is 0 Å². The Hall–Kier alpha value is -2.96. The van der Waals surface area contributed by atoms with Gasteiger partial charge in [-0.2, -0.15) is 0 Å². The Morgan fingerprint density at radius 1 is 1.17 bits per heavy atom. The van der Waals surface area contributed by atoms with Gasteiger partial charge >= 0.3 is 5.97 Å². The van der Waals surface area contributed by atoms with Crippen molar-refractivity contribution in [2.45, 2.75) is 53.6 Å². The van der Waals surface area contributed by atoms with Crippen molar-refractivity contribution in [2.75, 3.05) is 6.61 Å². The van der Waals surface area contributed by atoms with Crippen LogP contribution in [0, 0.1) is 19.7 Å². The average molecular weight is 416 g/mol. The Kier molecular flexibility index (Phi) is 7.18. The molecule has 1 atom stereocenters. The smallest absolute Gasteiger partial charge is 0.355 e. The van der Waals surface area contributed by atoms with Crippen molar-refractivity contribution in [1.29, 1.82) is 0 Å². The number of hydrogen-bond donors (Lipinski definition) is 0. The molecule has 2 aromatic rings. The predicted molar refractivity (Wildman–Crippen MR) is 112 cm³/mol. The van der Waals surface area contributed by atoms with E-state index in [0.717, 1.165) is 6.07 Å². The highest BCUT2D eigenvalue weighted by atomic mass is 19.1. The summed E-state index contributed by atoms with van der Waals surface area (Å²) >= 11 is 0. The largest absolute Gasteiger partial charge is 0.461 e. The summed E-state index contributed by atoms with van der Waals surface area (Å²) < 4.78 is 20.4. The molecule has 0 fully saturated rings. The van der Waals surface area contributed by atoms with Gasteiger partial charge in [0, 0.05) is 29.9 Å². The van der Waals surface area contributed by atoms with E-state index in [0.29, 0.717) is 22.5 Å². The van der Waals surface area contributed by atoms with Crippen LogP contribution in [0.2, 0.25) is 0 Å². The van der Waals surface area contributed by atoms with Crippen molar-refractivity contribution in [2.24, 2.45) is 7.05 Å². The fourth-order valence-electron chi connectivity index (χ4n) is 3.79. The Balaban J connectivity index is 2.47. The number of amides is 1. The molecule has 0 radical (unpaired) electrons. The minimum absolute atomic E-state index is 0.178. The molecule has 1 aromatic heterocycles. The molecule has 1 heterocycles. The Morgan fingerprint density at radius 3 is 2.33 bits per heavy atom. The predicted octanol–water partition coefficient (Wildman–Crippen LogP) is 4.08. The summed E-state index contributed by atoms with van der Waals surface area (Å²) in [4.78, 5) is 40.3. The number of Topliss-reactive ketones (excluding diaryl/α,β-unsaturated/α-hetero) is 1. The second-order valence-electron chi connectivity index (χ2n) is 7.57. The lowest BCUT2D eigenvalue weighted by Crippen LogP contribution is -2.47. The first-order valence-corrected chi connectivity index (χ1v) is 9.98. The highest BCUT2D eigenvalue weighted by Gasteiger charge is 2.34. The molecule has 7 heteroatoms. The van der Waals surface area contributed by atoms with E-state index in [1.165, 1.54) is 23.1 Å². The summed E-state index contributed by atoms with van der Waals surface area (Å²) in [6.45, 7) is 10.7. The number of hydrogen-bond acceptors (Lipinski definition) is 4. The second-order valence-corrected chi connectivity index (χ2v) is 7.57. The summed E-state index contributed by atoms with van der Waals surface area (Å²) in [6, 6.07) is 4.30. The van der Waals surface area contributed by atoms with Crippen LogP contribution in [0.1, 0.15) is 70.2 Å². The van der Waals surface area contributed by atoms with E-state index in [1.807, 2.05) is 0 Å². The van der Waals surface area contributed by atoms with Crippen LogP contribution >= 0.6 is 0 Å². The van der Waals surface area contributed by atoms with Crippen molar-refractivity contribution < 1.29 is 23.5 Å². The molecule has 0 aliphatic rings. The van der Waals surface area contributed by atoms with Gasteiger partial charge in [0.05, 0.1) is 12.6 Å². The number of rotatable bonds is 7. The third kappa shape index (κ3) is 4.30. The zero-order valence-corrected chi connectivity index (χ0v) is 18.6. The average Bonchev–Trinajstić information content (AvgIpc) is 2.89. The van der Waals surface area contributed by atoms with Gasteiger partial charge in [-0.15, -0.1) is 0 Å². The van der Waals surface area contributed by atoms with Gasteiger partial charge in [-0.1, -0.05) is 6.07 Å². The number of halogens is 1. The second kappa shape index (κ2) is 9.24. The van der Waals surface area contributed by atoms with Crippen LogP contribution in [0.3, 0.4) is 0 Å². The van der Waals surface area contributed by atoms with E-state index < -0.39 is 23.7 Å². The van der Waals surface area contributed by atoms with Gasteiger partial charge in [-0.25, -0.2) is 9.18 Å². The van der Waals surface area contributed by atoms with Crippen LogP contribution in [0.25, 0.3) is 0 Å².